The highest BCUT2D eigenvalue weighted by Gasteiger charge is 2.50. The molecule has 0 aromatic carbocycles. The van der Waals surface area contributed by atoms with Crippen molar-refractivity contribution in [1.82, 2.24) is 0 Å². The molecule has 0 aromatic heterocycles. The molecule has 3 rings (SSSR count). The Kier molecular flexibility index (Phi) is 1.72. The minimum Gasteiger partial charge on any atom is -0.390 e. The zero-order valence-electron chi connectivity index (χ0n) is 7.16. The summed E-state index contributed by atoms with van der Waals surface area (Å²) in [4.78, 5) is 0. The van der Waals surface area contributed by atoms with E-state index in [1.54, 1.807) is 0 Å². The van der Waals surface area contributed by atoms with E-state index in [1.807, 2.05) is 0 Å². The van der Waals surface area contributed by atoms with Crippen molar-refractivity contribution < 1.29 is 15.3 Å². The third-order valence-corrected chi connectivity index (χ3v) is 3.81. The quantitative estimate of drug-likeness (QED) is 0.501. The molecule has 0 saturated heterocycles. The molecule has 0 atom stereocenters. The van der Waals surface area contributed by atoms with Crippen molar-refractivity contribution in [3.05, 3.63) is 0 Å². The topological polar surface area (TPSA) is 60.7 Å². The minimum atomic E-state index is -1.19. The van der Waals surface area contributed by atoms with Crippen molar-refractivity contribution in [3.8, 4) is 0 Å². The lowest BCUT2D eigenvalue weighted by atomic mass is 9.58. The molecule has 3 aliphatic rings. The van der Waals surface area contributed by atoms with Gasteiger partial charge in [-0.2, -0.15) is 0 Å². The molecule has 12 heavy (non-hydrogen) atoms. The van der Waals surface area contributed by atoms with Crippen molar-refractivity contribution in [1.29, 1.82) is 0 Å². The highest BCUT2D eigenvalue weighted by Crippen LogP contribution is 2.53. The molecular formula is C9H16O3. The lowest BCUT2D eigenvalue weighted by Gasteiger charge is -2.51. The average molecular weight is 172 g/mol. The summed E-state index contributed by atoms with van der Waals surface area (Å²) in [5.74, 6) is 0. The molecule has 0 radical (unpaired) electrons. The van der Waals surface area contributed by atoms with Crippen molar-refractivity contribution in [2.45, 2.75) is 50.4 Å². The summed E-state index contributed by atoms with van der Waals surface area (Å²) in [6.45, 7) is 0. The van der Waals surface area contributed by atoms with Gasteiger partial charge in [0.2, 0.25) is 0 Å². The van der Waals surface area contributed by atoms with Crippen LogP contribution in [0.3, 0.4) is 0 Å². The van der Waals surface area contributed by atoms with Gasteiger partial charge in [0.1, 0.15) is 0 Å². The van der Waals surface area contributed by atoms with Gasteiger partial charge in [-0.3, -0.25) is 0 Å². The van der Waals surface area contributed by atoms with E-state index in [0.717, 1.165) is 38.5 Å². The van der Waals surface area contributed by atoms with Gasteiger partial charge in [0.15, 0.2) is 6.29 Å². The molecule has 0 unspecified atom stereocenters. The zero-order valence-corrected chi connectivity index (χ0v) is 7.16. The third kappa shape index (κ3) is 1.08. The maximum Gasteiger partial charge on any atom is 0.157 e. The molecule has 3 aliphatic carbocycles. The van der Waals surface area contributed by atoms with Gasteiger partial charge in [0, 0.05) is 5.41 Å². The fourth-order valence-electron chi connectivity index (χ4n) is 2.58. The molecule has 3 saturated carbocycles. The molecule has 0 aromatic rings. The Hall–Kier alpha value is -0.120. The number of rotatable bonds is 1. The second kappa shape index (κ2) is 2.44. The Morgan fingerprint density at radius 2 is 1.25 bits per heavy atom. The Morgan fingerprint density at radius 3 is 1.58 bits per heavy atom. The lowest BCUT2D eigenvalue weighted by Crippen LogP contribution is -2.50. The molecular weight excluding hydrogens is 156 g/mol. The van der Waals surface area contributed by atoms with E-state index >= 15 is 0 Å². The molecule has 70 valence electrons. The van der Waals surface area contributed by atoms with Crippen LogP contribution in [0.4, 0.5) is 0 Å². The predicted molar refractivity (Wildman–Crippen MR) is 43.3 cm³/mol. The van der Waals surface area contributed by atoms with Crippen molar-refractivity contribution >= 4 is 0 Å². The molecule has 3 fully saturated rings. The first-order valence-electron chi connectivity index (χ1n) is 4.65. The molecule has 0 spiro atoms. The molecule has 2 bridgehead atoms. The van der Waals surface area contributed by atoms with Crippen LogP contribution in [0, 0.1) is 5.41 Å². The van der Waals surface area contributed by atoms with Crippen molar-refractivity contribution in [2.24, 2.45) is 5.41 Å². The summed E-state index contributed by atoms with van der Waals surface area (Å²) < 4.78 is 0. The SMILES string of the molecule is OC(O)C12CCC(O)(CC1)CC2. The van der Waals surface area contributed by atoms with E-state index in [-0.39, 0.29) is 5.41 Å². The number of hydrogen-bond donors (Lipinski definition) is 3. The van der Waals surface area contributed by atoms with Crippen LogP contribution in [-0.4, -0.2) is 27.2 Å². The fraction of sp³-hybridized carbons (Fsp3) is 1.00. The van der Waals surface area contributed by atoms with E-state index in [9.17, 15) is 15.3 Å². The number of fused-ring (bicyclic) bond motifs is 3. The summed E-state index contributed by atoms with van der Waals surface area (Å²) in [6.07, 6.45) is 3.32. The summed E-state index contributed by atoms with van der Waals surface area (Å²) in [6, 6.07) is 0. The molecule has 3 nitrogen and oxygen atoms in total. The third-order valence-electron chi connectivity index (χ3n) is 3.81. The van der Waals surface area contributed by atoms with E-state index in [2.05, 4.69) is 0 Å². The predicted octanol–water partition coefficient (Wildman–Crippen LogP) is 0.382. The Balaban J connectivity index is 2.14. The van der Waals surface area contributed by atoms with E-state index in [4.69, 9.17) is 0 Å². The smallest absolute Gasteiger partial charge is 0.157 e. The van der Waals surface area contributed by atoms with Gasteiger partial charge in [0.05, 0.1) is 5.60 Å². The zero-order chi connectivity index (χ0) is 8.82. The lowest BCUT2D eigenvalue weighted by molar-refractivity contribution is -0.201. The number of aliphatic hydroxyl groups is 3. The molecule has 0 heterocycles. The summed E-state index contributed by atoms with van der Waals surface area (Å²) in [5, 5.41) is 28.3. The summed E-state index contributed by atoms with van der Waals surface area (Å²) >= 11 is 0. The second-order valence-electron chi connectivity index (χ2n) is 4.46. The van der Waals surface area contributed by atoms with Gasteiger partial charge >= 0.3 is 0 Å². The normalized spacial score (nSPS) is 47.0. The standard InChI is InChI=1S/C9H16O3/c10-7(11)8-1-4-9(12,5-2-8)6-3-8/h7,10-12H,1-6H2. The van der Waals surface area contributed by atoms with Crippen LogP contribution < -0.4 is 0 Å². The van der Waals surface area contributed by atoms with E-state index in [0.29, 0.717) is 0 Å². The highest BCUT2D eigenvalue weighted by molar-refractivity contribution is 5.00. The van der Waals surface area contributed by atoms with Gasteiger partial charge < -0.3 is 15.3 Å². The first kappa shape index (κ1) is 8.48. The number of hydrogen-bond acceptors (Lipinski definition) is 3. The Labute approximate surface area is 72.0 Å². The van der Waals surface area contributed by atoms with Crippen LogP contribution >= 0.6 is 0 Å². The van der Waals surface area contributed by atoms with Crippen molar-refractivity contribution in [3.63, 3.8) is 0 Å². The van der Waals surface area contributed by atoms with Gasteiger partial charge in [-0.1, -0.05) is 0 Å². The highest BCUT2D eigenvalue weighted by atomic mass is 16.5. The largest absolute Gasteiger partial charge is 0.390 e. The molecule has 0 aliphatic heterocycles. The van der Waals surface area contributed by atoms with E-state index in [1.165, 1.54) is 0 Å². The second-order valence-corrected chi connectivity index (χ2v) is 4.46. The molecule has 0 amide bonds. The van der Waals surface area contributed by atoms with Crippen LogP contribution in [0.1, 0.15) is 38.5 Å². The first-order valence-corrected chi connectivity index (χ1v) is 4.65. The van der Waals surface area contributed by atoms with Gasteiger partial charge in [0.25, 0.3) is 0 Å². The van der Waals surface area contributed by atoms with Crippen LogP contribution in [0.5, 0.6) is 0 Å². The van der Waals surface area contributed by atoms with Crippen LogP contribution in [0.25, 0.3) is 0 Å². The van der Waals surface area contributed by atoms with Crippen LogP contribution in [-0.2, 0) is 0 Å². The monoisotopic (exact) mass is 172 g/mol. The van der Waals surface area contributed by atoms with Gasteiger partial charge in [-0.05, 0) is 38.5 Å². The summed E-state index contributed by atoms with van der Waals surface area (Å²) in [5.41, 5.74) is -0.763. The van der Waals surface area contributed by atoms with Gasteiger partial charge in [-0.15, -0.1) is 0 Å². The van der Waals surface area contributed by atoms with E-state index < -0.39 is 11.9 Å². The van der Waals surface area contributed by atoms with Crippen molar-refractivity contribution in [2.75, 3.05) is 0 Å². The number of aliphatic hydroxyl groups excluding tert-OH is 1. The Bertz CT molecular complexity index is 164. The van der Waals surface area contributed by atoms with Gasteiger partial charge in [-0.25, -0.2) is 0 Å². The minimum absolute atomic E-state index is 0.287. The Morgan fingerprint density at radius 1 is 0.833 bits per heavy atom. The van der Waals surface area contributed by atoms with Crippen LogP contribution in [0.2, 0.25) is 0 Å². The maximum absolute atomic E-state index is 9.85. The molecule has 3 N–H and O–H groups in total. The summed E-state index contributed by atoms with van der Waals surface area (Å²) in [7, 11) is 0. The average Bonchev–Trinajstić information content (AvgIpc) is 2.06. The van der Waals surface area contributed by atoms with Crippen LogP contribution in [0.15, 0.2) is 0 Å². The first-order chi connectivity index (χ1) is 5.56. The maximum atomic E-state index is 9.85. The molecule has 3 heteroatoms. The fourth-order valence-corrected chi connectivity index (χ4v) is 2.58.